The summed E-state index contributed by atoms with van der Waals surface area (Å²) in [4.78, 5) is 4.33. The van der Waals surface area contributed by atoms with E-state index in [1.807, 2.05) is 12.3 Å². The molecule has 0 aromatic carbocycles. The Morgan fingerprint density at radius 3 is 2.86 bits per heavy atom. The number of nitriles is 1. The topological polar surface area (TPSA) is 36.7 Å². The Labute approximate surface area is 84.6 Å². The van der Waals surface area contributed by atoms with Gasteiger partial charge in [-0.05, 0) is 24.0 Å². The van der Waals surface area contributed by atoms with Crippen LogP contribution < -0.4 is 0 Å². The van der Waals surface area contributed by atoms with Crippen molar-refractivity contribution in [1.82, 2.24) is 4.98 Å². The Kier molecular flexibility index (Phi) is 2.03. The van der Waals surface area contributed by atoms with Crippen LogP contribution in [0.3, 0.4) is 0 Å². The monoisotopic (exact) mass is 186 g/mol. The van der Waals surface area contributed by atoms with E-state index in [-0.39, 0.29) is 5.41 Å². The van der Waals surface area contributed by atoms with Gasteiger partial charge in [0.15, 0.2) is 0 Å². The summed E-state index contributed by atoms with van der Waals surface area (Å²) in [6.07, 6.45) is 3.49. The number of hydrogen-bond donors (Lipinski definition) is 0. The lowest BCUT2D eigenvalue weighted by Crippen LogP contribution is -2.25. The maximum absolute atomic E-state index is 9.28. The fourth-order valence-corrected chi connectivity index (χ4v) is 2.11. The molecule has 0 saturated heterocycles. The van der Waals surface area contributed by atoms with Crippen molar-refractivity contribution >= 4 is 0 Å². The molecule has 0 spiro atoms. The van der Waals surface area contributed by atoms with Crippen LogP contribution in [-0.4, -0.2) is 4.98 Å². The number of aromatic nitrogens is 1. The highest BCUT2D eigenvalue weighted by molar-refractivity contribution is 5.32. The summed E-state index contributed by atoms with van der Waals surface area (Å²) >= 11 is 0. The minimum absolute atomic E-state index is 0.212. The Bertz CT molecular complexity index is 363. The molecule has 1 unspecified atom stereocenters. The van der Waals surface area contributed by atoms with Crippen LogP contribution in [0.15, 0.2) is 18.3 Å². The molecule has 1 aromatic rings. The van der Waals surface area contributed by atoms with Crippen LogP contribution in [0.5, 0.6) is 0 Å². The summed E-state index contributed by atoms with van der Waals surface area (Å²) in [5.41, 5.74) is 2.15. The molecule has 1 aromatic heterocycles. The summed E-state index contributed by atoms with van der Waals surface area (Å²) in [6, 6.07) is 6.52. The number of fused-ring (bicyclic) bond motifs is 1. The number of rotatable bonds is 1. The summed E-state index contributed by atoms with van der Waals surface area (Å²) in [6.45, 7) is 4.24. The van der Waals surface area contributed by atoms with Gasteiger partial charge in [0.25, 0.3) is 0 Å². The van der Waals surface area contributed by atoms with Gasteiger partial charge >= 0.3 is 0 Å². The van der Waals surface area contributed by atoms with Crippen molar-refractivity contribution in [2.75, 3.05) is 0 Å². The van der Waals surface area contributed by atoms with Crippen molar-refractivity contribution in [3.8, 4) is 6.07 Å². The molecule has 14 heavy (non-hydrogen) atoms. The predicted molar refractivity (Wildman–Crippen MR) is 54.5 cm³/mol. The third kappa shape index (κ3) is 1.21. The van der Waals surface area contributed by atoms with E-state index in [2.05, 4.69) is 31.0 Å². The van der Waals surface area contributed by atoms with Gasteiger partial charge in [-0.25, -0.2) is 0 Å². The average Bonchev–Trinajstić information content (AvgIpc) is 2.57. The van der Waals surface area contributed by atoms with Crippen molar-refractivity contribution in [2.24, 2.45) is 11.3 Å². The van der Waals surface area contributed by atoms with Crippen molar-refractivity contribution in [3.05, 3.63) is 29.6 Å². The largest absolute Gasteiger partial charge is 0.261 e. The first kappa shape index (κ1) is 9.21. The molecule has 2 heteroatoms. The number of hydrogen-bond acceptors (Lipinski definition) is 2. The van der Waals surface area contributed by atoms with Crippen LogP contribution in [0.2, 0.25) is 0 Å². The van der Waals surface area contributed by atoms with Crippen LogP contribution in [0.4, 0.5) is 0 Å². The van der Waals surface area contributed by atoms with E-state index in [0.717, 1.165) is 18.5 Å². The molecule has 0 radical (unpaired) electrons. The second kappa shape index (κ2) is 3.09. The smallest absolute Gasteiger partial charge is 0.0700 e. The second-order valence-corrected chi connectivity index (χ2v) is 4.39. The maximum Gasteiger partial charge on any atom is 0.0700 e. The van der Waals surface area contributed by atoms with Gasteiger partial charge in [0.05, 0.1) is 11.5 Å². The zero-order chi connectivity index (χ0) is 10.2. The molecule has 72 valence electrons. The van der Waals surface area contributed by atoms with Gasteiger partial charge in [-0.1, -0.05) is 19.9 Å². The average molecular weight is 186 g/mol. The summed E-state index contributed by atoms with van der Waals surface area (Å²) in [7, 11) is 0. The Balaban J connectivity index is 2.39. The van der Waals surface area contributed by atoms with Crippen molar-refractivity contribution < 1.29 is 0 Å². The molecule has 2 rings (SSSR count). The SMILES string of the molecule is CC(C)C1(C#N)Cc2cccnc2C1. The molecule has 1 aliphatic carbocycles. The van der Waals surface area contributed by atoms with E-state index >= 15 is 0 Å². The lowest BCUT2D eigenvalue weighted by Gasteiger charge is -2.24. The molecule has 1 aliphatic rings. The molecule has 0 saturated carbocycles. The Hall–Kier alpha value is -1.36. The molecule has 0 bridgehead atoms. The third-order valence-corrected chi connectivity index (χ3v) is 3.30. The van der Waals surface area contributed by atoms with Gasteiger partial charge in [-0.2, -0.15) is 5.26 Å². The zero-order valence-electron chi connectivity index (χ0n) is 8.62. The van der Waals surface area contributed by atoms with E-state index in [4.69, 9.17) is 0 Å². The van der Waals surface area contributed by atoms with E-state index in [1.165, 1.54) is 5.56 Å². The molecule has 0 N–H and O–H groups in total. The second-order valence-electron chi connectivity index (χ2n) is 4.39. The first-order valence-electron chi connectivity index (χ1n) is 5.02. The van der Waals surface area contributed by atoms with E-state index < -0.39 is 0 Å². The van der Waals surface area contributed by atoms with Crippen LogP contribution in [0, 0.1) is 22.7 Å². The number of nitrogens with zero attached hydrogens (tertiary/aromatic N) is 2. The van der Waals surface area contributed by atoms with Gasteiger partial charge in [-0.3, -0.25) is 4.98 Å². The number of pyridine rings is 1. The first-order valence-corrected chi connectivity index (χ1v) is 5.02. The molecule has 0 fully saturated rings. The van der Waals surface area contributed by atoms with Gasteiger partial charge in [-0.15, -0.1) is 0 Å². The van der Waals surface area contributed by atoms with Crippen molar-refractivity contribution in [1.29, 1.82) is 5.26 Å². The van der Waals surface area contributed by atoms with E-state index in [0.29, 0.717) is 5.92 Å². The fourth-order valence-electron chi connectivity index (χ4n) is 2.11. The highest BCUT2D eigenvalue weighted by Crippen LogP contribution is 2.40. The van der Waals surface area contributed by atoms with Gasteiger partial charge in [0.2, 0.25) is 0 Å². The predicted octanol–water partition coefficient (Wildman–Crippen LogP) is 2.35. The molecule has 1 atom stereocenters. The van der Waals surface area contributed by atoms with Crippen LogP contribution in [-0.2, 0) is 12.8 Å². The van der Waals surface area contributed by atoms with Crippen molar-refractivity contribution in [3.63, 3.8) is 0 Å². The molecular formula is C12H14N2. The van der Waals surface area contributed by atoms with E-state index in [1.54, 1.807) is 0 Å². The van der Waals surface area contributed by atoms with Crippen LogP contribution >= 0.6 is 0 Å². The quantitative estimate of drug-likeness (QED) is 0.675. The van der Waals surface area contributed by atoms with Crippen LogP contribution in [0.25, 0.3) is 0 Å². The normalized spacial score (nSPS) is 24.7. The Morgan fingerprint density at radius 2 is 2.29 bits per heavy atom. The fraction of sp³-hybridized carbons (Fsp3) is 0.500. The van der Waals surface area contributed by atoms with Gasteiger partial charge in [0, 0.05) is 18.3 Å². The highest BCUT2D eigenvalue weighted by atomic mass is 14.7. The summed E-state index contributed by atoms with van der Waals surface area (Å²) < 4.78 is 0. The molecular weight excluding hydrogens is 172 g/mol. The lowest BCUT2D eigenvalue weighted by atomic mass is 9.76. The minimum atomic E-state index is -0.212. The maximum atomic E-state index is 9.28. The standard InChI is InChI=1S/C12H14N2/c1-9(2)12(8-13)6-10-4-3-5-14-11(10)7-12/h3-5,9H,6-7H2,1-2H3. The van der Waals surface area contributed by atoms with Crippen LogP contribution in [0.1, 0.15) is 25.1 Å². The highest BCUT2D eigenvalue weighted by Gasteiger charge is 2.40. The Morgan fingerprint density at radius 1 is 1.50 bits per heavy atom. The molecule has 0 amide bonds. The van der Waals surface area contributed by atoms with Crippen molar-refractivity contribution in [2.45, 2.75) is 26.7 Å². The summed E-state index contributed by atoms with van der Waals surface area (Å²) in [5, 5.41) is 9.28. The molecule has 0 aliphatic heterocycles. The first-order chi connectivity index (χ1) is 6.68. The van der Waals surface area contributed by atoms with E-state index in [9.17, 15) is 5.26 Å². The zero-order valence-corrected chi connectivity index (χ0v) is 8.62. The third-order valence-electron chi connectivity index (χ3n) is 3.30. The molecule has 1 heterocycles. The van der Waals surface area contributed by atoms with Gasteiger partial charge < -0.3 is 0 Å². The lowest BCUT2D eigenvalue weighted by molar-refractivity contribution is 0.292. The minimum Gasteiger partial charge on any atom is -0.261 e. The molecule has 2 nitrogen and oxygen atoms in total. The summed E-state index contributed by atoms with van der Waals surface area (Å²) in [5.74, 6) is 0.390. The van der Waals surface area contributed by atoms with Gasteiger partial charge in [0.1, 0.15) is 0 Å².